The Bertz CT molecular complexity index is 384. The first-order valence-corrected chi connectivity index (χ1v) is 4.41. The molecule has 3 nitrogen and oxygen atoms in total. The number of nitriles is 1. The van der Waals surface area contributed by atoms with Gasteiger partial charge in [-0.3, -0.25) is 0 Å². The third-order valence-corrected chi connectivity index (χ3v) is 1.82. The van der Waals surface area contributed by atoms with E-state index >= 15 is 0 Å². The zero-order valence-corrected chi connectivity index (χ0v) is 9.34. The highest BCUT2D eigenvalue weighted by Crippen LogP contribution is 2.12. The van der Waals surface area contributed by atoms with E-state index < -0.39 is 0 Å². The monoisotopic (exact) mass is 242 g/mol. The van der Waals surface area contributed by atoms with E-state index in [1.165, 1.54) is 0 Å². The Labute approximate surface area is 99.7 Å². The molecule has 16 heavy (non-hydrogen) atoms. The van der Waals surface area contributed by atoms with Gasteiger partial charge in [-0.05, 0) is 24.3 Å². The highest BCUT2D eigenvalue weighted by molar-refractivity contribution is 5.85. The number of halogens is 2. The van der Waals surface area contributed by atoms with E-state index in [1.54, 1.807) is 24.3 Å². The zero-order chi connectivity index (χ0) is 11.1. The van der Waals surface area contributed by atoms with Crippen molar-refractivity contribution in [1.82, 2.24) is 0 Å². The molecule has 0 amide bonds. The molecule has 0 bridgehead atoms. The van der Waals surface area contributed by atoms with Crippen LogP contribution in [0.25, 0.3) is 0 Å². The molecule has 0 aliphatic heterocycles. The molecule has 0 aliphatic rings. The molecule has 0 saturated heterocycles. The van der Waals surface area contributed by atoms with Crippen molar-refractivity contribution in [2.75, 3.05) is 13.2 Å². The van der Waals surface area contributed by atoms with Gasteiger partial charge in [-0.15, -0.1) is 12.4 Å². The predicted molar refractivity (Wildman–Crippen MR) is 62.1 cm³/mol. The van der Waals surface area contributed by atoms with E-state index in [2.05, 4.69) is 0 Å². The summed E-state index contributed by atoms with van der Waals surface area (Å²) in [6, 6.07) is 8.58. The van der Waals surface area contributed by atoms with Gasteiger partial charge in [0.2, 0.25) is 0 Å². The minimum atomic E-state index is 0. The van der Waals surface area contributed by atoms with Crippen molar-refractivity contribution in [3.05, 3.63) is 41.7 Å². The van der Waals surface area contributed by atoms with Gasteiger partial charge in [0.05, 0.1) is 18.0 Å². The van der Waals surface area contributed by atoms with Crippen molar-refractivity contribution in [3.8, 4) is 11.8 Å². The number of hydrogen-bond acceptors (Lipinski definition) is 3. The summed E-state index contributed by atoms with van der Waals surface area (Å²) in [5.41, 5.74) is 6.21. The number of benzene rings is 1. The molecule has 2 N–H and O–H groups in total. The molecular formula is C11H12ClFN2O. The van der Waals surface area contributed by atoms with Crippen LogP contribution < -0.4 is 10.5 Å². The molecular weight excluding hydrogens is 231 g/mol. The van der Waals surface area contributed by atoms with Crippen LogP contribution in [0.2, 0.25) is 0 Å². The van der Waals surface area contributed by atoms with Crippen LogP contribution in [-0.4, -0.2) is 13.2 Å². The molecule has 5 heteroatoms. The van der Waals surface area contributed by atoms with E-state index in [4.69, 9.17) is 15.7 Å². The fraction of sp³-hybridized carbons (Fsp3) is 0.182. The van der Waals surface area contributed by atoms with Gasteiger partial charge < -0.3 is 10.5 Å². The topological polar surface area (TPSA) is 59.0 Å². The Morgan fingerprint density at radius 1 is 1.44 bits per heavy atom. The largest absolute Gasteiger partial charge is 0.489 e. The van der Waals surface area contributed by atoms with Gasteiger partial charge in [0.1, 0.15) is 12.4 Å². The maximum atomic E-state index is 12.1. The molecule has 0 heterocycles. The van der Waals surface area contributed by atoms with E-state index in [-0.39, 0.29) is 25.6 Å². The smallest absolute Gasteiger partial charge is 0.119 e. The fourth-order valence-corrected chi connectivity index (χ4v) is 0.937. The van der Waals surface area contributed by atoms with Crippen molar-refractivity contribution in [2.24, 2.45) is 5.73 Å². The van der Waals surface area contributed by atoms with Crippen LogP contribution in [0.15, 0.2) is 36.2 Å². The first-order valence-electron chi connectivity index (χ1n) is 4.41. The van der Waals surface area contributed by atoms with Gasteiger partial charge in [0.25, 0.3) is 0 Å². The van der Waals surface area contributed by atoms with E-state index in [0.717, 1.165) is 0 Å². The van der Waals surface area contributed by atoms with Gasteiger partial charge in [-0.1, -0.05) is 0 Å². The minimum absolute atomic E-state index is 0. The van der Waals surface area contributed by atoms with Gasteiger partial charge in [0.15, 0.2) is 0 Å². The summed E-state index contributed by atoms with van der Waals surface area (Å²) in [6.07, 6.45) is 0.448. The van der Waals surface area contributed by atoms with Crippen molar-refractivity contribution in [2.45, 2.75) is 0 Å². The van der Waals surface area contributed by atoms with E-state index in [9.17, 15) is 4.39 Å². The lowest BCUT2D eigenvalue weighted by Gasteiger charge is -2.06. The normalized spacial score (nSPS) is 10.2. The molecule has 1 aromatic carbocycles. The second-order valence-corrected chi connectivity index (χ2v) is 2.90. The predicted octanol–water partition coefficient (Wildman–Crippen LogP) is 2.17. The van der Waals surface area contributed by atoms with Crippen molar-refractivity contribution >= 4 is 12.4 Å². The first kappa shape index (κ1) is 14.4. The quantitative estimate of drug-likeness (QED) is 0.880. The summed E-state index contributed by atoms with van der Waals surface area (Å²) in [7, 11) is 0. The zero-order valence-electron chi connectivity index (χ0n) is 8.52. The Kier molecular flexibility index (Phi) is 6.93. The molecule has 0 saturated carbocycles. The van der Waals surface area contributed by atoms with Gasteiger partial charge in [0, 0.05) is 12.1 Å². The van der Waals surface area contributed by atoms with Crippen LogP contribution in [0.3, 0.4) is 0 Å². The van der Waals surface area contributed by atoms with Crippen LogP contribution in [0.4, 0.5) is 4.39 Å². The number of nitrogens with two attached hydrogens (primary N) is 1. The van der Waals surface area contributed by atoms with Crippen LogP contribution in [0.1, 0.15) is 5.56 Å². The summed E-state index contributed by atoms with van der Waals surface area (Å²) < 4.78 is 17.4. The molecule has 1 rings (SSSR count). The lowest BCUT2D eigenvalue weighted by atomic mass is 10.2. The lowest BCUT2D eigenvalue weighted by molar-refractivity contribution is 0.347. The molecule has 0 unspecified atom stereocenters. The summed E-state index contributed by atoms with van der Waals surface area (Å²) in [6.45, 7) is 0.256. The van der Waals surface area contributed by atoms with Gasteiger partial charge in [-0.2, -0.15) is 5.26 Å². The van der Waals surface area contributed by atoms with E-state index in [1.807, 2.05) is 6.07 Å². The molecule has 0 aliphatic carbocycles. The summed E-state index contributed by atoms with van der Waals surface area (Å²) in [4.78, 5) is 0. The molecule has 86 valence electrons. The Morgan fingerprint density at radius 2 is 2.06 bits per heavy atom. The summed E-state index contributed by atoms with van der Waals surface area (Å²) in [5.74, 6) is 0.585. The number of nitrogens with zero attached hydrogens (tertiary/aromatic N) is 1. The Morgan fingerprint density at radius 3 is 2.50 bits per heavy atom. The lowest BCUT2D eigenvalue weighted by Crippen LogP contribution is -2.10. The molecule has 0 spiro atoms. The average Bonchev–Trinajstić information content (AvgIpc) is 2.31. The molecule has 0 radical (unpaired) electrons. The highest BCUT2D eigenvalue weighted by Gasteiger charge is 1.98. The number of ether oxygens (including phenoxy) is 1. The number of rotatable bonds is 4. The Hall–Kier alpha value is -1.57. The minimum Gasteiger partial charge on any atom is -0.489 e. The molecule has 1 aromatic rings. The van der Waals surface area contributed by atoms with Crippen molar-refractivity contribution < 1.29 is 9.13 Å². The first-order chi connectivity index (χ1) is 7.30. The molecule has 0 aromatic heterocycles. The van der Waals surface area contributed by atoms with E-state index in [0.29, 0.717) is 23.2 Å². The third-order valence-electron chi connectivity index (χ3n) is 1.82. The van der Waals surface area contributed by atoms with Crippen LogP contribution in [0, 0.1) is 11.3 Å². The number of hydrogen-bond donors (Lipinski definition) is 1. The SMILES string of the molecule is Cl.N#Cc1ccc(OC/C(=C/F)CN)cc1. The van der Waals surface area contributed by atoms with Crippen LogP contribution >= 0.6 is 12.4 Å². The molecule has 0 atom stereocenters. The average molecular weight is 243 g/mol. The summed E-state index contributed by atoms with van der Waals surface area (Å²) in [5, 5.41) is 8.56. The summed E-state index contributed by atoms with van der Waals surface area (Å²) >= 11 is 0. The maximum Gasteiger partial charge on any atom is 0.119 e. The fourth-order valence-electron chi connectivity index (χ4n) is 0.937. The van der Waals surface area contributed by atoms with Crippen molar-refractivity contribution in [3.63, 3.8) is 0 Å². The van der Waals surface area contributed by atoms with Gasteiger partial charge in [-0.25, -0.2) is 4.39 Å². The maximum absolute atomic E-state index is 12.1. The molecule has 0 fully saturated rings. The third kappa shape index (κ3) is 4.30. The van der Waals surface area contributed by atoms with Crippen molar-refractivity contribution in [1.29, 1.82) is 5.26 Å². The standard InChI is InChI=1S/C11H11FN2O.ClH/c12-5-10(7-14)8-15-11-3-1-9(6-13)2-4-11;/h1-5H,7-8,14H2;1H/b10-5+;. The second-order valence-electron chi connectivity index (χ2n) is 2.90. The highest BCUT2D eigenvalue weighted by atomic mass is 35.5. The Balaban J connectivity index is 0.00000225. The van der Waals surface area contributed by atoms with Crippen LogP contribution in [0.5, 0.6) is 5.75 Å². The van der Waals surface area contributed by atoms with Gasteiger partial charge >= 0.3 is 0 Å². The van der Waals surface area contributed by atoms with Crippen LogP contribution in [-0.2, 0) is 0 Å². The second kappa shape index (κ2) is 7.69.